The number of amides is 1. The van der Waals surface area contributed by atoms with Crippen molar-refractivity contribution in [2.24, 2.45) is 5.73 Å². The summed E-state index contributed by atoms with van der Waals surface area (Å²) in [5.41, 5.74) is 8.24. The molecule has 188 valence electrons. The van der Waals surface area contributed by atoms with E-state index in [2.05, 4.69) is 10.3 Å². The Morgan fingerprint density at radius 1 is 1.17 bits per heavy atom. The van der Waals surface area contributed by atoms with Crippen LogP contribution in [-0.4, -0.2) is 35.3 Å². The summed E-state index contributed by atoms with van der Waals surface area (Å²) in [7, 11) is 1.30. The number of carbonyl (C=O) groups excluding carboxylic acids is 1. The van der Waals surface area contributed by atoms with E-state index in [1.54, 1.807) is 35.8 Å². The van der Waals surface area contributed by atoms with Crippen molar-refractivity contribution in [3.8, 4) is 22.9 Å². The number of alkyl halides is 3. The number of aryl methyl sites for hydroxylation is 1. The van der Waals surface area contributed by atoms with Gasteiger partial charge in [-0.05, 0) is 42.8 Å². The lowest BCUT2D eigenvalue weighted by molar-refractivity contribution is -0.131. The van der Waals surface area contributed by atoms with E-state index < -0.39 is 24.3 Å². The molecular weight excluding hydrogens is 480 g/mol. The zero-order chi connectivity index (χ0) is 26.0. The smallest absolute Gasteiger partial charge is 0.390 e. The lowest BCUT2D eigenvalue weighted by Crippen LogP contribution is -2.14. The van der Waals surface area contributed by atoms with Crippen LogP contribution in [0.5, 0.6) is 17.2 Å². The highest BCUT2D eigenvalue weighted by Crippen LogP contribution is 2.37. The van der Waals surface area contributed by atoms with Gasteiger partial charge in [0.15, 0.2) is 17.3 Å². The van der Waals surface area contributed by atoms with Gasteiger partial charge in [-0.25, -0.2) is 9.37 Å². The topological polar surface area (TPSA) is 91.4 Å². The van der Waals surface area contributed by atoms with Crippen LogP contribution < -0.4 is 20.5 Å². The second-order valence-corrected chi connectivity index (χ2v) is 7.98. The molecular formula is C25H22F4N4O3. The van der Waals surface area contributed by atoms with Crippen LogP contribution in [0.2, 0.25) is 0 Å². The van der Waals surface area contributed by atoms with Gasteiger partial charge in [0.1, 0.15) is 17.6 Å². The SMILES string of the molecule is COc1c(F)cccc1Oc1cc(NCCC(F)(F)F)c2ncn(-c3ccc(C(N)=O)c(C)c3)c2c1. The molecule has 3 aromatic carbocycles. The average Bonchev–Trinajstić information content (AvgIpc) is 3.22. The molecule has 7 nitrogen and oxygen atoms in total. The summed E-state index contributed by atoms with van der Waals surface area (Å²) >= 11 is 0. The molecule has 4 rings (SSSR count). The number of halogens is 4. The van der Waals surface area contributed by atoms with Gasteiger partial charge in [-0.15, -0.1) is 0 Å². The van der Waals surface area contributed by atoms with Crippen LogP contribution in [0.4, 0.5) is 23.2 Å². The quantitative estimate of drug-likeness (QED) is 0.300. The molecule has 3 N–H and O–H groups in total. The Bertz CT molecular complexity index is 1430. The minimum absolute atomic E-state index is 0.0887. The number of benzene rings is 3. The number of nitrogens with one attached hydrogen (secondary N) is 1. The Labute approximate surface area is 203 Å². The second-order valence-electron chi connectivity index (χ2n) is 7.98. The summed E-state index contributed by atoms with van der Waals surface area (Å²) in [4.78, 5) is 16.0. The molecule has 0 spiro atoms. The number of hydrogen-bond donors (Lipinski definition) is 2. The molecule has 36 heavy (non-hydrogen) atoms. The number of carbonyl (C=O) groups is 1. The minimum Gasteiger partial charge on any atom is -0.490 e. The fourth-order valence-electron chi connectivity index (χ4n) is 3.80. The summed E-state index contributed by atoms with van der Waals surface area (Å²) in [5.74, 6) is -1.01. The van der Waals surface area contributed by atoms with Gasteiger partial charge in [0, 0.05) is 29.9 Å². The fourth-order valence-corrected chi connectivity index (χ4v) is 3.80. The Morgan fingerprint density at radius 3 is 2.61 bits per heavy atom. The molecule has 0 radical (unpaired) electrons. The number of methoxy groups -OCH3 is 1. The van der Waals surface area contributed by atoms with Gasteiger partial charge in [-0.1, -0.05) is 6.07 Å². The van der Waals surface area contributed by atoms with Gasteiger partial charge in [0.2, 0.25) is 5.91 Å². The predicted octanol–water partition coefficient (Wildman–Crippen LogP) is 5.74. The van der Waals surface area contributed by atoms with E-state index in [4.69, 9.17) is 15.2 Å². The number of fused-ring (bicyclic) bond motifs is 1. The Morgan fingerprint density at radius 2 is 1.94 bits per heavy atom. The molecule has 0 aliphatic heterocycles. The number of rotatable bonds is 8. The molecule has 0 unspecified atom stereocenters. The first kappa shape index (κ1) is 24.8. The largest absolute Gasteiger partial charge is 0.490 e. The molecule has 0 saturated carbocycles. The predicted molar refractivity (Wildman–Crippen MR) is 127 cm³/mol. The third kappa shape index (κ3) is 5.19. The molecule has 0 saturated heterocycles. The Balaban J connectivity index is 1.81. The second kappa shape index (κ2) is 9.76. The lowest BCUT2D eigenvalue weighted by atomic mass is 10.1. The first-order valence-electron chi connectivity index (χ1n) is 10.8. The molecule has 0 aliphatic carbocycles. The zero-order valence-corrected chi connectivity index (χ0v) is 19.3. The molecule has 0 atom stereocenters. The number of para-hydroxylation sites is 1. The molecule has 0 bridgehead atoms. The van der Waals surface area contributed by atoms with Crippen molar-refractivity contribution < 1.29 is 31.8 Å². The maximum atomic E-state index is 14.2. The zero-order valence-electron chi connectivity index (χ0n) is 19.3. The van der Waals surface area contributed by atoms with Crippen LogP contribution in [0.3, 0.4) is 0 Å². The van der Waals surface area contributed by atoms with E-state index in [1.807, 2.05) is 0 Å². The van der Waals surface area contributed by atoms with E-state index in [-0.39, 0.29) is 23.8 Å². The van der Waals surface area contributed by atoms with Crippen molar-refractivity contribution >= 4 is 22.6 Å². The van der Waals surface area contributed by atoms with Gasteiger partial charge >= 0.3 is 6.18 Å². The van der Waals surface area contributed by atoms with E-state index >= 15 is 0 Å². The van der Waals surface area contributed by atoms with E-state index in [0.717, 1.165) is 0 Å². The maximum absolute atomic E-state index is 14.2. The molecule has 11 heteroatoms. The number of ether oxygens (including phenoxy) is 2. The monoisotopic (exact) mass is 502 g/mol. The van der Waals surface area contributed by atoms with Gasteiger partial charge in [0.05, 0.1) is 24.7 Å². The molecule has 1 heterocycles. The number of imidazole rings is 1. The van der Waals surface area contributed by atoms with Crippen LogP contribution >= 0.6 is 0 Å². The Hall–Kier alpha value is -4.28. The summed E-state index contributed by atoms with van der Waals surface area (Å²) in [6.45, 7) is 1.35. The van der Waals surface area contributed by atoms with E-state index in [0.29, 0.717) is 33.5 Å². The van der Waals surface area contributed by atoms with E-state index in [9.17, 15) is 22.4 Å². The fraction of sp³-hybridized carbons (Fsp3) is 0.200. The number of hydrogen-bond acceptors (Lipinski definition) is 5. The first-order valence-corrected chi connectivity index (χ1v) is 10.8. The molecule has 4 aromatic rings. The van der Waals surface area contributed by atoms with Crippen LogP contribution in [0, 0.1) is 12.7 Å². The molecule has 0 aliphatic rings. The van der Waals surface area contributed by atoms with Gasteiger partial charge < -0.3 is 20.5 Å². The molecule has 1 aromatic heterocycles. The highest BCUT2D eigenvalue weighted by atomic mass is 19.4. The van der Waals surface area contributed by atoms with Crippen molar-refractivity contribution in [1.82, 2.24) is 9.55 Å². The van der Waals surface area contributed by atoms with Crippen LogP contribution in [0.1, 0.15) is 22.3 Å². The number of primary amides is 1. The van der Waals surface area contributed by atoms with Crippen molar-refractivity contribution in [2.45, 2.75) is 19.5 Å². The van der Waals surface area contributed by atoms with Crippen molar-refractivity contribution in [2.75, 3.05) is 19.0 Å². The lowest BCUT2D eigenvalue weighted by Gasteiger charge is -2.15. The number of anilines is 1. The highest BCUT2D eigenvalue weighted by molar-refractivity contribution is 5.95. The van der Waals surface area contributed by atoms with Crippen molar-refractivity contribution in [3.05, 3.63) is 71.8 Å². The van der Waals surface area contributed by atoms with Gasteiger partial charge in [-0.2, -0.15) is 13.2 Å². The summed E-state index contributed by atoms with van der Waals surface area (Å²) in [6.07, 6.45) is -3.88. The number of nitrogens with zero attached hydrogens (tertiary/aromatic N) is 2. The summed E-state index contributed by atoms with van der Waals surface area (Å²) < 4.78 is 65.1. The van der Waals surface area contributed by atoms with Crippen molar-refractivity contribution in [3.63, 3.8) is 0 Å². The van der Waals surface area contributed by atoms with Crippen LogP contribution in [0.15, 0.2) is 54.9 Å². The van der Waals surface area contributed by atoms with Crippen molar-refractivity contribution in [1.29, 1.82) is 0 Å². The minimum atomic E-state index is -4.34. The standard InChI is InChI=1S/C25H22F4N4O3/c1-14-10-15(6-7-17(14)24(30)34)33-13-32-22-19(31-9-8-25(27,28)29)11-16(12-20(22)33)36-21-5-3-4-18(26)23(21)35-2/h3-7,10-13,31H,8-9H2,1-2H3,(H2,30,34). The van der Waals surface area contributed by atoms with Gasteiger partial charge in [-0.3, -0.25) is 9.36 Å². The average molecular weight is 502 g/mol. The maximum Gasteiger partial charge on any atom is 0.390 e. The van der Waals surface area contributed by atoms with Crippen LogP contribution in [-0.2, 0) is 0 Å². The van der Waals surface area contributed by atoms with E-state index in [1.165, 1.54) is 37.7 Å². The normalized spacial score (nSPS) is 11.5. The summed E-state index contributed by atoms with van der Waals surface area (Å²) in [5, 5.41) is 2.77. The molecule has 0 fully saturated rings. The third-order valence-corrected chi connectivity index (χ3v) is 5.47. The highest BCUT2D eigenvalue weighted by Gasteiger charge is 2.26. The summed E-state index contributed by atoms with van der Waals surface area (Å²) in [6, 6.07) is 12.3. The molecule has 1 amide bonds. The van der Waals surface area contributed by atoms with Crippen LogP contribution in [0.25, 0.3) is 16.7 Å². The number of aromatic nitrogens is 2. The van der Waals surface area contributed by atoms with Gasteiger partial charge in [0.25, 0.3) is 0 Å². The third-order valence-electron chi connectivity index (χ3n) is 5.47. The Kier molecular flexibility index (Phi) is 6.73. The first-order chi connectivity index (χ1) is 17.1. The number of nitrogens with two attached hydrogens (primary N) is 1.